The van der Waals surface area contributed by atoms with Gasteiger partial charge in [-0.1, -0.05) is 29.9 Å². The van der Waals surface area contributed by atoms with Crippen molar-refractivity contribution in [1.82, 2.24) is 0 Å². The van der Waals surface area contributed by atoms with Gasteiger partial charge in [0.2, 0.25) is 0 Å². The Morgan fingerprint density at radius 3 is 2.41 bits per heavy atom. The van der Waals surface area contributed by atoms with E-state index < -0.39 is 4.92 Å². The van der Waals surface area contributed by atoms with Crippen molar-refractivity contribution >= 4 is 17.8 Å². The maximum absolute atomic E-state index is 11.3. The lowest BCUT2D eigenvalue weighted by atomic mass is 9.99. The Balaban J connectivity index is 2.53. The summed E-state index contributed by atoms with van der Waals surface area (Å²) in [5, 5.41) is 21.0. The first-order valence-electron chi connectivity index (χ1n) is 8.39. The second-order valence-corrected chi connectivity index (χ2v) is 6.22. The zero-order chi connectivity index (χ0) is 20.0. The van der Waals surface area contributed by atoms with E-state index in [1.807, 2.05) is 26.0 Å². The summed E-state index contributed by atoms with van der Waals surface area (Å²) >= 11 is 0. The normalized spacial score (nSPS) is 10.7. The monoisotopic (exact) mass is 369 g/mol. The molecule has 0 atom stereocenters. The third-order valence-corrected chi connectivity index (χ3v) is 4.03. The van der Waals surface area contributed by atoms with Crippen molar-refractivity contribution < 1.29 is 19.5 Å². The van der Waals surface area contributed by atoms with Crippen LogP contribution in [0, 0.1) is 10.1 Å². The summed E-state index contributed by atoms with van der Waals surface area (Å²) in [5.41, 5.74) is 3.48. The van der Waals surface area contributed by atoms with E-state index in [0.717, 1.165) is 16.7 Å². The van der Waals surface area contributed by atoms with E-state index in [1.54, 1.807) is 18.2 Å². The highest BCUT2D eigenvalue weighted by atomic mass is 16.6. The number of ether oxygens (including phenoxy) is 2. The lowest BCUT2D eigenvalue weighted by Gasteiger charge is -2.11. The van der Waals surface area contributed by atoms with Gasteiger partial charge in [0, 0.05) is 11.6 Å². The van der Waals surface area contributed by atoms with Crippen LogP contribution in [0.5, 0.6) is 17.2 Å². The average Bonchev–Trinajstić information content (AvgIpc) is 2.65. The SMILES string of the molecule is COc1cc(/C=C/c2cc([N+](=O)[O-])cc(OC)c2CC=C(C)C)ccc1O. The van der Waals surface area contributed by atoms with Crippen molar-refractivity contribution in [3.63, 3.8) is 0 Å². The summed E-state index contributed by atoms with van der Waals surface area (Å²) in [5.74, 6) is 0.888. The molecular formula is C21H23NO5. The highest BCUT2D eigenvalue weighted by Crippen LogP contribution is 2.32. The Kier molecular flexibility index (Phi) is 6.60. The number of benzene rings is 2. The highest BCUT2D eigenvalue weighted by Gasteiger charge is 2.15. The van der Waals surface area contributed by atoms with Crippen LogP contribution >= 0.6 is 0 Å². The van der Waals surface area contributed by atoms with Gasteiger partial charge < -0.3 is 14.6 Å². The fourth-order valence-electron chi connectivity index (χ4n) is 2.60. The van der Waals surface area contributed by atoms with Crippen molar-refractivity contribution in [3.8, 4) is 17.2 Å². The maximum Gasteiger partial charge on any atom is 0.273 e. The van der Waals surface area contributed by atoms with Gasteiger partial charge in [0.1, 0.15) is 5.75 Å². The summed E-state index contributed by atoms with van der Waals surface area (Å²) in [6, 6.07) is 7.94. The average molecular weight is 369 g/mol. The van der Waals surface area contributed by atoms with Gasteiger partial charge in [-0.3, -0.25) is 10.1 Å². The molecule has 0 aliphatic rings. The molecule has 2 aromatic carbocycles. The van der Waals surface area contributed by atoms with Crippen LogP contribution in [0.2, 0.25) is 0 Å². The van der Waals surface area contributed by atoms with Gasteiger partial charge in [-0.15, -0.1) is 0 Å². The van der Waals surface area contributed by atoms with E-state index in [0.29, 0.717) is 23.5 Å². The molecule has 2 rings (SSSR count). The van der Waals surface area contributed by atoms with Crippen molar-refractivity contribution in [1.29, 1.82) is 0 Å². The predicted octanol–water partition coefficient (Wildman–Crippen LogP) is 5.00. The number of phenolic OH excluding ortho intramolecular Hbond substituents is 1. The predicted molar refractivity (Wildman–Crippen MR) is 106 cm³/mol. The van der Waals surface area contributed by atoms with Gasteiger partial charge in [-0.05, 0) is 43.5 Å². The topological polar surface area (TPSA) is 81.8 Å². The molecule has 0 heterocycles. The van der Waals surface area contributed by atoms with Gasteiger partial charge in [-0.25, -0.2) is 0 Å². The molecule has 0 bridgehead atoms. The van der Waals surface area contributed by atoms with E-state index in [4.69, 9.17) is 9.47 Å². The van der Waals surface area contributed by atoms with Crippen LogP contribution in [-0.2, 0) is 6.42 Å². The van der Waals surface area contributed by atoms with Crippen LogP contribution in [0.25, 0.3) is 12.2 Å². The molecule has 0 aliphatic heterocycles. The summed E-state index contributed by atoms with van der Waals surface area (Å²) in [6.07, 6.45) is 6.26. The fourth-order valence-corrected chi connectivity index (χ4v) is 2.60. The fraction of sp³-hybridized carbons (Fsp3) is 0.238. The standard InChI is InChI=1S/C21H23NO5/c1-14(2)5-9-18-16(12-17(22(24)25)13-20(18)26-3)8-6-15-7-10-19(23)21(11-15)27-4/h5-8,10-13,23H,9H2,1-4H3/b8-6+. The van der Waals surface area contributed by atoms with Gasteiger partial charge in [0.05, 0.1) is 25.2 Å². The molecule has 0 unspecified atom stereocenters. The van der Waals surface area contributed by atoms with Crippen LogP contribution < -0.4 is 9.47 Å². The van der Waals surface area contributed by atoms with Gasteiger partial charge in [0.25, 0.3) is 5.69 Å². The Morgan fingerprint density at radius 2 is 1.81 bits per heavy atom. The van der Waals surface area contributed by atoms with E-state index in [-0.39, 0.29) is 11.4 Å². The molecule has 0 radical (unpaired) electrons. The van der Waals surface area contributed by atoms with Crippen LogP contribution in [0.4, 0.5) is 5.69 Å². The van der Waals surface area contributed by atoms with E-state index >= 15 is 0 Å². The van der Waals surface area contributed by atoms with Gasteiger partial charge in [-0.2, -0.15) is 0 Å². The molecule has 6 heteroatoms. The minimum Gasteiger partial charge on any atom is -0.504 e. The Hall–Kier alpha value is -3.28. The molecule has 6 nitrogen and oxygen atoms in total. The number of hydrogen-bond donors (Lipinski definition) is 1. The second kappa shape index (κ2) is 8.89. The van der Waals surface area contributed by atoms with Gasteiger partial charge >= 0.3 is 0 Å². The molecule has 0 fully saturated rings. The molecule has 1 N–H and O–H groups in total. The molecular weight excluding hydrogens is 346 g/mol. The molecule has 0 aromatic heterocycles. The van der Waals surface area contributed by atoms with E-state index in [2.05, 4.69) is 0 Å². The third kappa shape index (κ3) is 5.10. The van der Waals surface area contributed by atoms with Crippen LogP contribution in [0.3, 0.4) is 0 Å². The van der Waals surface area contributed by atoms with Crippen LogP contribution in [0.15, 0.2) is 42.0 Å². The number of hydrogen-bond acceptors (Lipinski definition) is 5. The number of nitrogens with zero attached hydrogens (tertiary/aromatic N) is 1. The summed E-state index contributed by atoms with van der Waals surface area (Å²) in [4.78, 5) is 10.8. The summed E-state index contributed by atoms with van der Waals surface area (Å²) in [7, 11) is 2.98. The third-order valence-electron chi connectivity index (χ3n) is 4.03. The minimum absolute atomic E-state index is 0.0317. The molecule has 2 aromatic rings. The molecule has 0 aliphatic carbocycles. The number of phenols is 1. The molecule has 0 saturated carbocycles. The second-order valence-electron chi connectivity index (χ2n) is 6.22. The lowest BCUT2D eigenvalue weighted by Crippen LogP contribution is -1.98. The maximum atomic E-state index is 11.3. The van der Waals surface area contributed by atoms with Crippen molar-refractivity contribution in [2.75, 3.05) is 14.2 Å². The minimum atomic E-state index is -0.436. The van der Waals surface area contributed by atoms with E-state index in [1.165, 1.54) is 32.4 Å². The Bertz CT molecular complexity index is 896. The summed E-state index contributed by atoms with van der Waals surface area (Å²) < 4.78 is 10.5. The first-order chi connectivity index (χ1) is 12.8. The molecule has 0 saturated heterocycles. The molecule has 142 valence electrons. The number of nitro benzene ring substituents is 1. The number of aromatic hydroxyl groups is 1. The number of rotatable bonds is 7. The molecule has 0 spiro atoms. The summed E-state index contributed by atoms with van der Waals surface area (Å²) in [6.45, 7) is 3.99. The molecule has 27 heavy (non-hydrogen) atoms. The van der Waals surface area contributed by atoms with Crippen molar-refractivity contribution in [2.24, 2.45) is 0 Å². The molecule has 0 amide bonds. The number of allylic oxidation sites excluding steroid dienone is 2. The number of nitro groups is 1. The zero-order valence-electron chi connectivity index (χ0n) is 15.9. The first kappa shape index (κ1) is 20.0. The lowest BCUT2D eigenvalue weighted by molar-refractivity contribution is -0.385. The largest absolute Gasteiger partial charge is 0.504 e. The highest BCUT2D eigenvalue weighted by molar-refractivity contribution is 5.75. The Labute approximate surface area is 158 Å². The van der Waals surface area contributed by atoms with Crippen molar-refractivity contribution in [2.45, 2.75) is 20.3 Å². The van der Waals surface area contributed by atoms with E-state index in [9.17, 15) is 15.2 Å². The van der Waals surface area contributed by atoms with Crippen molar-refractivity contribution in [3.05, 3.63) is 68.8 Å². The van der Waals surface area contributed by atoms with Crippen LogP contribution in [-0.4, -0.2) is 24.2 Å². The quantitative estimate of drug-likeness (QED) is 0.321. The Morgan fingerprint density at radius 1 is 1.11 bits per heavy atom. The van der Waals surface area contributed by atoms with Gasteiger partial charge in [0.15, 0.2) is 11.5 Å². The number of non-ortho nitro benzene ring substituents is 1. The first-order valence-corrected chi connectivity index (χ1v) is 8.39. The smallest absolute Gasteiger partial charge is 0.273 e. The number of methoxy groups -OCH3 is 2. The zero-order valence-corrected chi connectivity index (χ0v) is 15.9. The van der Waals surface area contributed by atoms with Crippen LogP contribution in [0.1, 0.15) is 30.5 Å².